The molecule has 100 valence electrons. The van der Waals surface area contributed by atoms with Crippen molar-refractivity contribution in [3.8, 4) is 0 Å². The minimum atomic E-state index is -2.79. The summed E-state index contributed by atoms with van der Waals surface area (Å²) in [5, 5.41) is 3.41. The molecule has 17 heavy (non-hydrogen) atoms. The normalized spacial score (nSPS) is 34.1. The molecule has 0 aromatic carbocycles. The first-order chi connectivity index (χ1) is 8.03. The first-order valence-electron chi connectivity index (χ1n) is 6.88. The molecule has 0 amide bonds. The predicted molar refractivity (Wildman–Crippen MR) is 70.7 cm³/mol. The fourth-order valence-electron chi connectivity index (χ4n) is 3.74. The van der Waals surface area contributed by atoms with Crippen molar-refractivity contribution in [1.82, 2.24) is 5.32 Å². The lowest BCUT2D eigenvalue weighted by atomic mass is 10.0. The van der Waals surface area contributed by atoms with Gasteiger partial charge < -0.3 is 5.32 Å². The number of nitrogens with one attached hydrogen (secondary N) is 1. The van der Waals surface area contributed by atoms with E-state index in [0.717, 1.165) is 30.6 Å². The standard InChI is InChI=1S/C13H25NO2S/c1-14-12(8-5-9-17(2,15)16)13-10-6-3-4-7-11(10)13/h10-14H,3-9H2,1-2H3. The van der Waals surface area contributed by atoms with Gasteiger partial charge in [-0.05, 0) is 50.5 Å². The van der Waals surface area contributed by atoms with Crippen LogP contribution in [0.3, 0.4) is 0 Å². The minimum Gasteiger partial charge on any atom is -0.317 e. The molecule has 1 N–H and O–H groups in total. The summed E-state index contributed by atoms with van der Waals surface area (Å²) in [5.74, 6) is 3.06. The fourth-order valence-corrected chi connectivity index (χ4v) is 4.43. The van der Waals surface area contributed by atoms with Gasteiger partial charge in [0.1, 0.15) is 9.84 Å². The Bertz CT molecular complexity index is 340. The lowest BCUT2D eigenvalue weighted by Crippen LogP contribution is -2.29. The van der Waals surface area contributed by atoms with Crippen LogP contribution >= 0.6 is 0 Å². The zero-order valence-electron chi connectivity index (χ0n) is 11.0. The first kappa shape index (κ1) is 13.3. The van der Waals surface area contributed by atoms with E-state index in [4.69, 9.17) is 0 Å². The average molecular weight is 259 g/mol. The summed E-state index contributed by atoms with van der Waals surface area (Å²) in [5.41, 5.74) is 0. The Kier molecular flexibility index (Phi) is 4.14. The van der Waals surface area contributed by atoms with Gasteiger partial charge in [-0.25, -0.2) is 8.42 Å². The van der Waals surface area contributed by atoms with Crippen molar-refractivity contribution >= 4 is 9.84 Å². The molecule has 3 nitrogen and oxygen atoms in total. The average Bonchev–Trinajstić information content (AvgIpc) is 2.97. The molecular formula is C13H25NO2S. The smallest absolute Gasteiger partial charge is 0.147 e. The number of hydrogen-bond donors (Lipinski definition) is 1. The Balaban J connectivity index is 1.78. The van der Waals surface area contributed by atoms with Crippen molar-refractivity contribution in [2.24, 2.45) is 17.8 Å². The summed E-state index contributed by atoms with van der Waals surface area (Å²) in [6, 6.07) is 0.546. The molecule has 4 heteroatoms. The lowest BCUT2D eigenvalue weighted by Gasteiger charge is -2.16. The third-order valence-corrected chi connectivity index (χ3v) is 5.62. The van der Waals surface area contributed by atoms with Crippen LogP contribution in [-0.4, -0.2) is 33.5 Å². The number of rotatable bonds is 6. The molecule has 0 spiro atoms. The van der Waals surface area contributed by atoms with Gasteiger partial charge in [0.05, 0.1) is 0 Å². The molecule has 0 radical (unpaired) electrons. The van der Waals surface area contributed by atoms with E-state index in [-0.39, 0.29) is 0 Å². The molecule has 0 aliphatic heterocycles. The van der Waals surface area contributed by atoms with E-state index in [1.165, 1.54) is 31.9 Å². The van der Waals surface area contributed by atoms with E-state index >= 15 is 0 Å². The Morgan fingerprint density at radius 3 is 2.29 bits per heavy atom. The first-order valence-corrected chi connectivity index (χ1v) is 8.94. The molecule has 0 bridgehead atoms. The third-order valence-electron chi connectivity index (χ3n) is 4.59. The second-order valence-corrected chi connectivity index (χ2v) is 8.12. The van der Waals surface area contributed by atoms with Crippen LogP contribution in [0.5, 0.6) is 0 Å². The van der Waals surface area contributed by atoms with Gasteiger partial charge >= 0.3 is 0 Å². The second-order valence-electron chi connectivity index (χ2n) is 5.86. The van der Waals surface area contributed by atoms with Crippen LogP contribution in [0.4, 0.5) is 0 Å². The van der Waals surface area contributed by atoms with Gasteiger partial charge in [0.2, 0.25) is 0 Å². The maximum absolute atomic E-state index is 11.1. The summed E-state index contributed by atoms with van der Waals surface area (Å²) in [6.07, 6.45) is 8.76. The maximum atomic E-state index is 11.1. The summed E-state index contributed by atoms with van der Waals surface area (Å²) < 4.78 is 22.2. The van der Waals surface area contributed by atoms with E-state index in [0.29, 0.717) is 11.8 Å². The fraction of sp³-hybridized carbons (Fsp3) is 1.00. The van der Waals surface area contributed by atoms with Gasteiger partial charge in [-0.1, -0.05) is 12.8 Å². The summed E-state index contributed by atoms with van der Waals surface area (Å²) in [4.78, 5) is 0. The molecule has 3 unspecified atom stereocenters. The van der Waals surface area contributed by atoms with Gasteiger partial charge in [0.15, 0.2) is 0 Å². The molecule has 2 fully saturated rings. The largest absolute Gasteiger partial charge is 0.317 e. The van der Waals surface area contributed by atoms with Crippen LogP contribution in [0.1, 0.15) is 38.5 Å². The highest BCUT2D eigenvalue weighted by molar-refractivity contribution is 7.90. The number of hydrogen-bond acceptors (Lipinski definition) is 3. The van der Waals surface area contributed by atoms with Crippen LogP contribution in [0, 0.1) is 17.8 Å². The van der Waals surface area contributed by atoms with Crippen molar-refractivity contribution in [3.05, 3.63) is 0 Å². The van der Waals surface area contributed by atoms with Crippen LogP contribution in [0.15, 0.2) is 0 Å². The lowest BCUT2D eigenvalue weighted by molar-refractivity contribution is 0.431. The van der Waals surface area contributed by atoms with E-state index in [9.17, 15) is 8.42 Å². The van der Waals surface area contributed by atoms with Crippen LogP contribution in [0.2, 0.25) is 0 Å². The Hall–Kier alpha value is -0.0900. The zero-order valence-corrected chi connectivity index (χ0v) is 11.8. The number of sulfone groups is 1. The molecule has 2 saturated carbocycles. The summed E-state index contributed by atoms with van der Waals surface area (Å²) in [7, 11) is -0.764. The molecule has 2 aliphatic rings. The zero-order chi connectivity index (χ0) is 12.5. The van der Waals surface area contributed by atoms with Gasteiger partial charge in [0, 0.05) is 18.1 Å². The topological polar surface area (TPSA) is 46.2 Å². The molecule has 0 saturated heterocycles. The molecule has 0 aromatic heterocycles. The third kappa shape index (κ3) is 3.44. The van der Waals surface area contributed by atoms with Crippen molar-refractivity contribution in [2.45, 2.75) is 44.6 Å². The van der Waals surface area contributed by atoms with Crippen molar-refractivity contribution in [1.29, 1.82) is 0 Å². The highest BCUT2D eigenvalue weighted by Crippen LogP contribution is 2.57. The molecule has 2 aliphatic carbocycles. The van der Waals surface area contributed by atoms with E-state index in [1.807, 2.05) is 7.05 Å². The van der Waals surface area contributed by atoms with Crippen molar-refractivity contribution in [3.63, 3.8) is 0 Å². The molecule has 2 rings (SSSR count). The predicted octanol–water partition coefficient (Wildman–Crippen LogP) is 1.84. The summed E-state index contributed by atoms with van der Waals surface area (Å²) in [6.45, 7) is 0. The highest BCUT2D eigenvalue weighted by Gasteiger charge is 2.53. The van der Waals surface area contributed by atoms with E-state index in [2.05, 4.69) is 5.32 Å². The van der Waals surface area contributed by atoms with Gasteiger partial charge in [-0.2, -0.15) is 0 Å². The molecule has 0 heterocycles. The molecule has 0 aromatic rings. The second kappa shape index (κ2) is 5.27. The van der Waals surface area contributed by atoms with Gasteiger partial charge in [0.25, 0.3) is 0 Å². The monoisotopic (exact) mass is 259 g/mol. The molecular weight excluding hydrogens is 234 g/mol. The quantitative estimate of drug-likeness (QED) is 0.791. The minimum absolute atomic E-state index is 0.341. The SMILES string of the molecule is CNC(CCCS(C)(=O)=O)C1C2CCCCC21. The Morgan fingerprint density at radius 1 is 1.24 bits per heavy atom. The molecule has 3 atom stereocenters. The summed E-state index contributed by atoms with van der Waals surface area (Å²) >= 11 is 0. The van der Waals surface area contributed by atoms with E-state index in [1.54, 1.807) is 0 Å². The van der Waals surface area contributed by atoms with Gasteiger partial charge in [-0.3, -0.25) is 0 Å². The Labute approximate surface area is 105 Å². The van der Waals surface area contributed by atoms with Crippen LogP contribution < -0.4 is 5.32 Å². The van der Waals surface area contributed by atoms with Gasteiger partial charge in [-0.15, -0.1) is 0 Å². The van der Waals surface area contributed by atoms with E-state index < -0.39 is 9.84 Å². The van der Waals surface area contributed by atoms with Crippen molar-refractivity contribution < 1.29 is 8.42 Å². The Morgan fingerprint density at radius 2 is 1.82 bits per heavy atom. The van der Waals surface area contributed by atoms with Crippen LogP contribution in [-0.2, 0) is 9.84 Å². The maximum Gasteiger partial charge on any atom is 0.147 e. The highest BCUT2D eigenvalue weighted by atomic mass is 32.2. The van der Waals surface area contributed by atoms with Crippen molar-refractivity contribution in [2.75, 3.05) is 19.1 Å². The van der Waals surface area contributed by atoms with Crippen LogP contribution in [0.25, 0.3) is 0 Å². The number of fused-ring (bicyclic) bond motifs is 1.